The smallest absolute Gasteiger partial charge is 0.341 e. The lowest BCUT2D eigenvalue weighted by molar-refractivity contribution is -0.115. The van der Waals surface area contributed by atoms with E-state index in [1.54, 1.807) is 29.8 Å². The summed E-state index contributed by atoms with van der Waals surface area (Å²) in [6.07, 6.45) is 2.37. The number of anilines is 1. The number of amides is 2. The van der Waals surface area contributed by atoms with Gasteiger partial charge < -0.3 is 14.6 Å². The maximum Gasteiger partial charge on any atom is 0.341 e. The molecule has 0 saturated carbocycles. The van der Waals surface area contributed by atoms with E-state index in [-0.39, 0.29) is 10.6 Å². The first kappa shape index (κ1) is 26.5. The second kappa shape index (κ2) is 10.4. The Kier molecular flexibility index (Phi) is 7.69. The number of benzene rings is 1. The number of thiophene rings is 1. The van der Waals surface area contributed by atoms with E-state index in [1.165, 1.54) is 29.8 Å². The minimum absolute atomic E-state index is 0.271. The third kappa shape index (κ3) is 5.72. The van der Waals surface area contributed by atoms with Crippen molar-refractivity contribution in [3.8, 4) is 0 Å². The summed E-state index contributed by atoms with van der Waals surface area (Å²) in [5, 5.41) is 3.36. The van der Waals surface area contributed by atoms with Gasteiger partial charge in [0.05, 0.1) is 22.9 Å². The van der Waals surface area contributed by atoms with Crippen LogP contribution in [0.1, 0.15) is 34.1 Å². The van der Waals surface area contributed by atoms with Gasteiger partial charge in [-0.15, -0.1) is 11.3 Å². The van der Waals surface area contributed by atoms with E-state index in [0.29, 0.717) is 22.2 Å². The summed E-state index contributed by atoms with van der Waals surface area (Å²) in [5.74, 6) is -3.68. The number of thiazole rings is 1. The number of halogens is 1. The van der Waals surface area contributed by atoms with Crippen LogP contribution in [-0.4, -0.2) is 49.4 Å². The Morgan fingerprint density at radius 3 is 2.72 bits per heavy atom. The summed E-state index contributed by atoms with van der Waals surface area (Å²) in [7, 11) is -1.14. The Morgan fingerprint density at radius 2 is 2.00 bits per heavy atom. The van der Waals surface area contributed by atoms with Gasteiger partial charge >= 0.3 is 5.97 Å². The van der Waals surface area contributed by atoms with Crippen molar-refractivity contribution in [2.24, 2.45) is 18.0 Å². The molecule has 0 radical (unpaired) electrons. The van der Waals surface area contributed by atoms with Crippen LogP contribution in [0.3, 0.4) is 0 Å². The number of methoxy groups -OCH3 is 1. The average molecular weight is 570 g/mol. The van der Waals surface area contributed by atoms with E-state index in [4.69, 9.17) is 16.3 Å². The van der Waals surface area contributed by atoms with Gasteiger partial charge in [0, 0.05) is 16.9 Å². The van der Waals surface area contributed by atoms with Crippen molar-refractivity contribution in [1.29, 1.82) is 0 Å². The number of carbonyl (C=O) groups excluding carboxylic acids is 3. The number of nitrogens with one attached hydrogen (secondary N) is 1. The third-order valence-corrected chi connectivity index (χ3v) is 9.73. The minimum Gasteiger partial charge on any atom is -0.465 e. The van der Waals surface area contributed by atoms with Crippen molar-refractivity contribution < 1.29 is 27.5 Å². The van der Waals surface area contributed by atoms with Gasteiger partial charge in [-0.25, -0.2) is 13.2 Å². The molecule has 0 bridgehead atoms. The molecular weight excluding hydrogens is 546 g/mol. The van der Waals surface area contributed by atoms with Gasteiger partial charge in [0.2, 0.25) is 5.91 Å². The molecule has 36 heavy (non-hydrogen) atoms. The van der Waals surface area contributed by atoms with Crippen LogP contribution in [0.2, 0.25) is 5.02 Å². The fourth-order valence-electron chi connectivity index (χ4n) is 4.11. The van der Waals surface area contributed by atoms with Crippen LogP contribution in [0, 0.1) is 5.92 Å². The second-order valence-electron chi connectivity index (χ2n) is 8.69. The highest BCUT2D eigenvalue weighted by atomic mass is 35.5. The number of carbonyl (C=O) groups is 3. The largest absolute Gasteiger partial charge is 0.465 e. The standard InChI is InChI=1S/C23H24ClN3O6S3/c1-12-4-6-14-16(8-12)34-21(20(14)22(30)33-3)25-18(28)10-36(31,32)11-19(29)26-23-27(2)15-7-5-13(24)9-17(15)35-23/h5,7,9,12H,4,6,8,10-11H2,1-3H3,(H,25,28). The predicted molar refractivity (Wildman–Crippen MR) is 141 cm³/mol. The quantitative estimate of drug-likeness (QED) is 0.454. The molecule has 1 aliphatic carbocycles. The fourth-order valence-corrected chi connectivity index (χ4v) is 7.85. The van der Waals surface area contributed by atoms with E-state index >= 15 is 0 Å². The van der Waals surface area contributed by atoms with Crippen molar-refractivity contribution >= 4 is 77.1 Å². The van der Waals surface area contributed by atoms with Gasteiger partial charge in [0.1, 0.15) is 16.5 Å². The molecule has 13 heteroatoms. The molecule has 1 aliphatic rings. The Hall–Kier alpha value is -2.54. The Balaban J connectivity index is 1.49. The van der Waals surface area contributed by atoms with Crippen LogP contribution < -0.4 is 10.1 Å². The number of nitrogens with zero attached hydrogens (tertiary/aromatic N) is 2. The van der Waals surface area contributed by atoms with Crippen LogP contribution in [-0.2, 0) is 44.1 Å². The van der Waals surface area contributed by atoms with Crippen LogP contribution in [0.5, 0.6) is 0 Å². The summed E-state index contributed by atoms with van der Waals surface area (Å²) in [6.45, 7) is 2.11. The van der Waals surface area contributed by atoms with E-state index in [2.05, 4.69) is 17.2 Å². The van der Waals surface area contributed by atoms with Gasteiger partial charge in [0.25, 0.3) is 5.91 Å². The van der Waals surface area contributed by atoms with Crippen LogP contribution >= 0.6 is 34.3 Å². The van der Waals surface area contributed by atoms with Crippen molar-refractivity contribution in [1.82, 2.24) is 4.57 Å². The summed E-state index contributed by atoms with van der Waals surface area (Å²) in [4.78, 5) is 42.7. The highest BCUT2D eigenvalue weighted by molar-refractivity contribution is 7.92. The van der Waals surface area contributed by atoms with Crippen molar-refractivity contribution in [2.45, 2.75) is 26.2 Å². The van der Waals surface area contributed by atoms with Crippen molar-refractivity contribution in [3.05, 3.63) is 44.0 Å². The zero-order valence-corrected chi connectivity index (χ0v) is 23.0. The summed E-state index contributed by atoms with van der Waals surface area (Å²) >= 11 is 8.47. The molecule has 2 aromatic heterocycles. The first-order chi connectivity index (χ1) is 17.0. The van der Waals surface area contributed by atoms with Crippen LogP contribution in [0.25, 0.3) is 10.2 Å². The lowest BCUT2D eigenvalue weighted by atomic mass is 9.88. The number of hydrogen-bond acceptors (Lipinski definition) is 8. The number of aromatic nitrogens is 1. The maximum atomic E-state index is 12.6. The maximum absolute atomic E-state index is 12.6. The molecule has 9 nitrogen and oxygen atoms in total. The van der Waals surface area contributed by atoms with E-state index in [9.17, 15) is 22.8 Å². The molecule has 0 fully saturated rings. The molecule has 0 spiro atoms. The SMILES string of the molecule is COC(=O)c1c(NC(=O)CS(=O)(=O)CC(=O)N=c2sc3cc(Cl)ccc3n2C)sc2c1CCC(C)C2. The third-order valence-electron chi connectivity index (χ3n) is 5.84. The predicted octanol–water partition coefficient (Wildman–Crippen LogP) is 3.35. The number of ether oxygens (including phenoxy) is 1. The summed E-state index contributed by atoms with van der Waals surface area (Å²) in [6, 6.07) is 5.23. The van der Waals surface area contributed by atoms with Crippen molar-refractivity contribution in [2.75, 3.05) is 23.9 Å². The highest BCUT2D eigenvalue weighted by Gasteiger charge is 2.30. The molecule has 1 unspecified atom stereocenters. The fraction of sp³-hybridized carbons (Fsp3) is 0.391. The van der Waals surface area contributed by atoms with Gasteiger partial charge in [0.15, 0.2) is 14.6 Å². The van der Waals surface area contributed by atoms with Gasteiger partial charge in [-0.2, -0.15) is 4.99 Å². The van der Waals surface area contributed by atoms with Gasteiger partial charge in [-0.1, -0.05) is 29.9 Å². The lowest BCUT2D eigenvalue weighted by Crippen LogP contribution is -2.28. The number of hydrogen-bond donors (Lipinski definition) is 1. The molecule has 0 saturated heterocycles. The first-order valence-electron chi connectivity index (χ1n) is 11.0. The molecule has 4 rings (SSSR count). The monoisotopic (exact) mass is 569 g/mol. The van der Waals surface area contributed by atoms with Crippen LogP contribution in [0.15, 0.2) is 23.2 Å². The lowest BCUT2D eigenvalue weighted by Gasteiger charge is -2.18. The normalized spacial score (nSPS) is 16.1. The first-order valence-corrected chi connectivity index (χ1v) is 14.9. The average Bonchev–Trinajstić information content (AvgIpc) is 3.27. The molecular formula is C23H24ClN3O6S3. The molecule has 1 aromatic carbocycles. The second-order valence-corrected chi connectivity index (χ2v) is 13.3. The molecule has 1 atom stereocenters. The van der Waals surface area contributed by atoms with Crippen LogP contribution in [0.4, 0.5) is 5.00 Å². The molecule has 2 amide bonds. The highest BCUT2D eigenvalue weighted by Crippen LogP contribution is 2.40. The summed E-state index contributed by atoms with van der Waals surface area (Å²) < 4.78 is 32.5. The van der Waals surface area contributed by atoms with Gasteiger partial charge in [-0.05, 0) is 48.9 Å². The van der Waals surface area contributed by atoms with Gasteiger partial charge in [-0.3, -0.25) is 9.59 Å². The topological polar surface area (TPSA) is 124 Å². The van der Waals surface area contributed by atoms with E-state index in [0.717, 1.165) is 33.5 Å². The molecule has 2 heterocycles. The molecule has 192 valence electrons. The Labute approximate surface area is 220 Å². The molecule has 1 N–H and O–H groups in total. The molecule has 0 aliphatic heterocycles. The number of esters is 1. The number of fused-ring (bicyclic) bond motifs is 2. The van der Waals surface area contributed by atoms with E-state index < -0.39 is 39.1 Å². The zero-order valence-electron chi connectivity index (χ0n) is 19.8. The zero-order chi connectivity index (χ0) is 26.2. The Morgan fingerprint density at radius 1 is 1.25 bits per heavy atom. The molecule has 3 aromatic rings. The Bertz CT molecular complexity index is 1550. The van der Waals surface area contributed by atoms with Crippen molar-refractivity contribution in [3.63, 3.8) is 0 Å². The number of rotatable bonds is 6. The number of sulfone groups is 1. The minimum atomic E-state index is -4.11. The summed E-state index contributed by atoms with van der Waals surface area (Å²) in [5.41, 5.74) is 1.92. The number of aryl methyl sites for hydroxylation is 1. The van der Waals surface area contributed by atoms with E-state index in [1.807, 2.05) is 0 Å².